The Hall–Kier alpha value is -0.830. The van der Waals surface area contributed by atoms with E-state index in [-0.39, 0.29) is 11.9 Å². The maximum atomic E-state index is 11.8. The number of hydrogen-bond acceptors (Lipinski definition) is 1. The van der Waals surface area contributed by atoms with Crippen LogP contribution in [-0.2, 0) is 4.79 Å². The van der Waals surface area contributed by atoms with Gasteiger partial charge in [-0.05, 0) is 38.8 Å². The molecule has 0 saturated carbocycles. The van der Waals surface area contributed by atoms with Crippen LogP contribution in [0.4, 0.5) is 0 Å². The molecule has 1 aromatic rings. The van der Waals surface area contributed by atoms with Crippen molar-refractivity contribution in [3.05, 3.63) is 35.4 Å². The van der Waals surface area contributed by atoms with Crippen LogP contribution in [0.3, 0.4) is 0 Å². The van der Waals surface area contributed by atoms with E-state index in [1.54, 1.807) is 0 Å². The van der Waals surface area contributed by atoms with Gasteiger partial charge in [0.05, 0.1) is 10.4 Å². The van der Waals surface area contributed by atoms with Crippen molar-refractivity contribution in [1.82, 2.24) is 5.32 Å². The van der Waals surface area contributed by atoms with Crippen LogP contribution in [0.1, 0.15) is 37.9 Å². The van der Waals surface area contributed by atoms with Crippen LogP contribution in [-0.4, -0.2) is 10.2 Å². The highest BCUT2D eigenvalue weighted by molar-refractivity contribution is 9.10. The smallest absolute Gasteiger partial charge is 0.236 e. The number of rotatable bonds is 3. The molecule has 1 atom stereocenters. The largest absolute Gasteiger partial charge is 0.348 e. The Bertz CT molecular complexity index is 382. The van der Waals surface area contributed by atoms with E-state index in [9.17, 15) is 4.79 Å². The lowest BCUT2D eigenvalue weighted by molar-refractivity contribution is -0.123. The first-order chi connectivity index (χ1) is 7.32. The first kappa shape index (κ1) is 13.2. The van der Waals surface area contributed by atoms with Crippen molar-refractivity contribution in [3.8, 4) is 0 Å². The highest BCUT2D eigenvalue weighted by atomic mass is 79.9. The second-order valence-corrected chi connectivity index (χ2v) is 6.51. The van der Waals surface area contributed by atoms with Gasteiger partial charge < -0.3 is 5.32 Å². The molecule has 88 valence electrons. The number of benzene rings is 1. The van der Waals surface area contributed by atoms with Gasteiger partial charge in [-0.25, -0.2) is 0 Å². The van der Waals surface area contributed by atoms with Crippen LogP contribution in [0.15, 0.2) is 24.3 Å². The normalized spacial score (nSPS) is 13.3. The molecule has 1 aromatic carbocycles. The van der Waals surface area contributed by atoms with Crippen molar-refractivity contribution in [3.63, 3.8) is 0 Å². The molecule has 0 aromatic heterocycles. The van der Waals surface area contributed by atoms with Gasteiger partial charge in [0.15, 0.2) is 0 Å². The molecule has 0 spiro atoms. The lowest BCUT2D eigenvalue weighted by Crippen LogP contribution is -2.39. The van der Waals surface area contributed by atoms with Crippen LogP contribution in [0, 0.1) is 6.92 Å². The molecule has 0 bridgehead atoms. The summed E-state index contributed by atoms with van der Waals surface area (Å²) >= 11 is 3.35. The second kappa shape index (κ2) is 5.00. The number of aryl methyl sites for hydroxylation is 1. The Balaban J connectivity index is 2.78. The van der Waals surface area contributed by atoms with Gasteiger partial charge in [0.25, 0.3) is 0 Å². The first-order valence-corrected chi connectivity index (χ1v) is 6.17. The van der Waals surface area contributed by atoms with E-state index in [0.29, 0.717) is 0 Å². The lowest BCUT2D eigenvalue weighted by atomic mass is 10.0. The number of nitrogens with one attached hydrogen (secondary N) is 1. The van der Waals surface area contributed by atoms with Crippen LogP contribution in [0.25, 0.3) is 0 Å². The predicted molar refractivity (Wildman–Crippen MR) is 70.7 cm³/mol. The van der Waals surface area contributed by atoms with E-state index in [0.717, 1.165) is 5.56 Å². The van der Waals surface area contributed by atoms with Gasteiger partial charge >= 0.3 is 0 Å². The van der Waals surface area contributed by atoms with E-state index in [1.807, 2.05) is 39.0 Å². The first-order valence-electron chi connectivity index (χ1n) is 5.38. The third-order valence-electron chi connectivity index (χ3n) is 2.54. The summed E-state index contributed by atoms with van der Waals surface area (Å²) in [5.74, 6) is 0.00301. The number of amides is 1. The molecule has 1 N–H and O–H groups in total. The topological polar surface area (TPSA) is 29.1 Å². The van der Waals surface area contributed by atoms with E-state index in [2.05, 4.69) is 34.2 Å². The number of halogens is 1. The Labute approximate surface area is 106 Å². The number of alkyl halides is 1. The fourth-order valence-electron chi connectivity index (χ4n) is 1.52. The summed E-state index contributed by atoms with van der Waals surface area (Å²) in [6.07, 6.45) is 0. The number of carbonyl (C=O) groups is 1. The summed E-state index contributed by atoms with van der Waals surface area (Å²) < 4.78 is -0.524. The Morgan fingerprint density at radius 2 is 1.94 bits per heavy atom. The molecular formula is C13H18BrNO. The Kier molecular flexibility index (Phi) is 4.14. The van der Waals surface area contributed by atoms with Crippen molar-refractivity contribution in [2.45, 2.75) is 38.1 Å². The molecule has 1 amide bonds. The quantitative estimate of drug-likeness (QED) is 0.847. The van der Waals surface area contributed by atoms with E-state index < -0.39 is 4.32 Å². The number of carbonyl (C=O) groups excluding carboxylic acids is 1. The fourth-order valence-corrected chi connectivity index (χ4v) is 1.63. The lowest BCUT2D eigenvalue weighted by Gasteiger charge is -2.21. The fraction of sp³-hybridized carbons (Fsp3) is 0.462. The highest BCUT2D eigenvalue weighted by Crippen LogP contribution is 2.20. The summed E-state index contributed by atoms with van der Waals surface area (Å²) in [5, 5.41) is 2.99. The standard InChI is InChI=1S/C13H18BrNO/c1-9-7-5-6-8-11(9)10(2)15-12(16)13(3,4)14/h5-8,10H,1-4H3,(H,15,16)/t10-/m1/s1. The summed E-state index contributed by atoms with van der Waals surface area (Å²) in [5.41, 5.74) is 2.36. The molecule has 2 nitrogen and oxygen atoms in total. The SMILES string of the molecule is Cc1ccccc1[C@@H](C)NC(=O)C(C)(C)Br. The molecule has 0 fully saturated rings. The van der Waals surface area contributed by atoms with Crippen LogP contribution in [0.2, 0.25) is 0 Å². The van der Waals surface area contributed by atoms with Crippen molar-refractivity contribution < 1.29 is 4.79 Å². The van der Waals surface area contributed by atoms with Gasteiger partial charge in [-0.2, -0.15) is 0 Å². The number of hydrogen-bond donors (Lipinski definition) is 1. The van der Waals surface area contributed by atoms with Crippen molar-refractivity contribution in [2.75, 3.05) is 0 Å². The second-order valence-electron chi connectivity index (χ2n) is 4.52. The van der Waals surface area contributed by atoms with E-state index >= 15 is 0 Å². The zero-order valence-electron chi connectivity index (χ0n) is 10.2. The maximum absolute atomic E-state index is 11.8. The minimum Gasteiger partial charge on any atom is -0.348 e. The maximum Gasteiger partial charge on any atom is 0.236 e. The average Bonchev–Trinajstić information content (AvgIpc) is 2.16. The Morgan fingerprint density at radius 3 is 2.44 bits per heavy atom. The molecule has 0 heterocycles. The summed E-state index contributed by atoms with van der Waals surface area (Å²) in [6.45, 7) is 7.73. The minimum atomic E-state index is -0.524. The molecule has 3 heteroatoms. The van der Waals surface area contributed by atoms with E-state index in [4.69, 9.17) is 0 Å². The van der Waals surface area contributed by atoms with Crippen molar-refractivity contribution in [1.29, 1.82) is 0 Å². The summed E-state index contributed by atoms with van der Waals surface area (Å²) in [4.78, 5) is 11.8. The zero-order valence-corrected chi connectivity index (χ0v) is 11.8. The molecule has 1 rings (SSSR count). The third-order valence-corrected chi connectivity index (χ3v) is 2.90. The molecule has 0 aliphatic heterocycles. The predicted octanol–water partition coefficient (Wildman–Crippen LogP) is 3.35. The minimum absolute atomic E-state index is 0.00301. The van der Waals surface area contributed by atoms with Gasteiger partial charge in [-0.1, -0.05) is 40.2 Å². The van der Waals surface area contributed by atoms with Crippen LogP contribution >= 0.6 is 15.9 Å². The molecule has 0 radical (unpaired) electrons. The molecule has 0 unspecified atom stereocenters. The van der Waals surface area contributed by atoms with Crippen LogP contribution in [0.5, 0.6) is 0 Å². The van der Waals surface area contributed by atoms with E-state index in [1.165, 1.54) is 5.56 Å². The van der Waals surface area contributed by atoms with Gasteiger partial charge in [0.2, 0.25) is 5.91 Å². The highest BCUT2D eigenvalue weighted by Gasteiger charge is 2.25. The van der Waals surface area contributed by atoms with Gasteiger partial charge in [-0.3, -0.25) is 4.79 Å². The molecule has 0 aliphatic carbocycles. The van der Waals surface area contributed by atoms with Crippen molar-refractivity contribution in [2.24, 2.45) is 0 Å². The molecular weight excluding hydrogens is 266 g/mol. The third kappa shape index (κ3) is 3.34. The zero-order chi connectivity index (χ0) is 12.3. The molecule has 0 saturated heterocycles. The van der Waals surface area contributed by atoms with Gasteiger partial charge in [0, 0.05) is 0 Å². The summed E-state index contributed by atoms with van der Waals surface area (Å²) in [6, 6.07) is 8.12. The van der Waals surface area contributed by atoms with Crippen molar-refractivity contribution >= 4 is 21.8 Å². The molecule has 0 aliphatic rings. The Morgan fingerprint density at radius 1 is 1.38 bits per heavy atom. The van der Waals surface area contributed by atoms with Gasteiger partial charge in [0.1, 0.15) is 0 Å². The summed E-state index contributed by atoms with van der Waals surface area (Å²) in [7, 11) is 0. The monoisotopic (exact) mass is 283 g/mol. The van der Waals surface area contributed by atoms with Crippen LogP contribution < -0.4 is 5.32 Å². The van der Waals surface area contributed by atoms with Gasteiger partial charge in [-0.15, -0.1) is 0 Å². The average molecular weight is 284 g/mol. The molecule has 16 heavy (non-hydrogen) atoms.